The van der Waals surface area contributed by atoms with Crippen molar-refractivity contribution >= 4 is 16.9 Å². The summed E-state index contributed by atoms with van der Waals surface area (Å²) < 4.78 is 5.44. The van der Waals surface area contributed by atoms with Crippen LogP contribution in [0.2, 0.25) is 0 Å². The Morgan fingerprint density at radius 2 is 2.36 bits per heavy atom. The van der Waals surface area contributed by atoms with Crippen molar-refractivity contribution in [1.29, 1.82) is 0 Å². The molecule has 0 aromatic carbocycles. The standard InChI is InChI=1S/C9H13N3OS/c1-6-7(2)13-8(12-6)5-11-9-10-3-4-14-9/h3-5H2,1-2H3,(H,10,11). The molecule has 1 aromatic rings. The summed E-state index contributed by atoms with van der Waals surface area (Å²) in [6.07, 6.45) is 0. The molecule has 0 radical (unpaired) electrons. The van der Waals surface area contributed by atoms with Crippen LogP contribution < -0.4 is 5.32 Å². The van der Waals surface area contributed by atoms with Gasteiger partial charge in [0.25, 0.3) is 0 Å². The molecular formula is C9H13N3OS. The quantitative estimate of drug-likeness (QED) is 0.805. The van der Waals surface area contributed by atoms with Crippen LogP contribution in [0.5, 0.6) is 0 Å². The van der Waals surface area contributed by atoms with Crippen molar-refractivity contribution in [3.8, 4) is 0 Å². The molecule has 0 amide bonds. The van der Waals surface area contributed by atoms with E-state index >= 15 is 0 Å². The Balaban J connectivity index is 1.91. The smallest absolute Gasteiger partial charge is 0.213 e. The third-order valence-electron chi connectivity index (χ3n) is 2.05. The maximum absolute atomic E-state index is 5.44. The Morgan fingerprint density at radius 3 is 2.93 bits per heavy atom. The minimum atomic E-state index is 0.626. The van der Waals surface area contributed by atoms with Crippen LogP contribution in [-0.4, -0.2) is 22.4 Å². The second-order valence-electron chi connectivity index (χ2n) is 3.14. The molecule has 14 heavy (non-hydrogen) atoms. The molecule has 0 unspecified atom stereocenters. The predicted molar refractivity (Wildman–Crippen MR) is 57.6 cm³/mol. The lowest BCUT2D eigenvalue weighted by molar-refractivity contribution is 0.465. The van der Waals surface area contributed by atoms with Gasteiger partial charge in [-0.15, -0.1) is 0 Å². The number of nitrogens with zero attached hydrogens (tertiary/aromatic N) is 2. The highest BCUT2D eigenvalue weighted by Gasteiger charge is 2.09. The summed E-state index contributed by atoms with van der Waals surface area (Å²) in [6.45, 7) is 5.41. The van der Waals surface area contributed by atoms with Crippen LogP contribution in [0.4, 0.5) is 0 Å². The predicted octanol–water partition coefficient (Wildman–Crippen LogP) is 1.48. The van der Waals surface area contributed by atoms with Gasteiger partial charge in [-0.25, -0.2) is 4.98 Å². The third-order valence-corrected chi connectivity index (χ3v) is 2.98. The summed E-state index contributed by atoms with van der Waals surface area (Å²) in [7, 11) is 0. The molecule has 4 nitrogen and oxygen atoms in total. The van der Waals surface area contributed by atoms with Crippen LogP contribution in [0.1, 0.15) is 17.3 Å². The minimum absolute atomic E-state index is 0.626. The van der Waals surface area contributed by atoms with Gasteiger partial charge in [0.2, 0.25) is 5.89 Å². The maximum Gasteiger partial charge on any atom is 0.213 e. The summed E-state index contributed by atoms with van der Waals surface area (Å²) in [6, 6.07) is 0. The van der Waals surface area contributed by atoms with Gasteiger partial charge in [0, 0.05) is 5.75 Å². The van der Waals surface area contributed by atoms with E-state index in [1.165, 1.54) is 0 Å². The normalized spacial score (nSPS) is 15.7. The minimum Gasteiger partial charge on any atom is -0.444 e. The van der Waals surface area contributed by atoms with Crippen LogP contribution >= 0.6 is 11.8 Å². The molecular weight excluding hydrogens is 198 g/mol. The summed E-state index contributed by atoms with van der Waals surface area (Å²) in [5.74, 6) is 2.70. The van der Waals surface area contributed by atoms with E-state index < -0.39 is 0 Å². The number of amidine groups is 1. The number of nitrogens with one attached hydrogen (secondary N) is 1. The first-order valence-corrected chi connectivity index (χ1v) is 5.58. The van der Waals surface area contributed by atoms with Crippen molar-refractivity contribution in [3.05, 3.63) is 17.3 Å². The first-order valence-electron chi connectivity index (χ1n) is 4.60. The third kappa shape index (κ3) is 2.09. The van der Waals surface area contributed by atoms with Crippen molar-refractivity contribution in [3.63, 3.8) is 0 Å². The van der Waals surface area contributed by atoms with E-state index in [0.717, 1.165) is 34.8 Å². The van der Waals surface area contributed by atoms with Gasteiger partial charge in [-0.2, -0.15) is 0 Å². The molecule has 1 aliphatic rings. The van der Waals surface area contributed by atoms with Gasteiger partial charge < -0.3 is 9.73 Å². The number of aromatic nitrogens is 1. The zero-order valence-electron chi connectivity index (χ0n) is 8.33. The number of aryl methyl sites for hydroxylation is 2. The summed E-state index contributed by atoms with van der Waals surface area (Å²) in [5, 5.41) is 4.19. The van der Waals surface area contributed by atoms with E-state index in [1.54, 1.807) is 11.8 Å². The largest absolute Gasteiger partial charge is 0.444 e. The average Bonchev–Trinajstić information content (AvgIpc) is 2.74. The first kappa shape index (κ1) is 9.58. The molecule has 0 fully saturated rings. The van der Waals surface area contributed by atoms with Gasteiger partial charge in [0.05, 0.1) is 18.8 Å². The van der Waals surface area contributed by atoms with Crippen molar-refractivity contribution in [1.82, 2.24) is 10.3 Å². The number of hydrogen-bond acceptors (Lipinski definition) is 5. The van der Waals surface area contributed by atoms with Crippen LogP contribution in [0, 0.1) is 13.8 Å². The molecule has 76 valence electrons. The fourth-order valence-electron chi connectivity index (χ4n) is 1.21. The Hall–Kier alpha value is -0.970. The Labute approximate surface area is 87.2 Å². The number of oxazole rings is 1. The Morgan fingerprint density at radius 1 is 1.50 bits per heavy atom. The molecule has 1 aliphatic heterocycles. The highest BCUT2D eigenvalue weighted by molar-refractivity contribution is 8.14. The van der Waals surface area contributed by atoms with E-state index in [0.29, 0.717) is 6.54 Å². The zero-order valence-corrected chi connectivity index (χ0v) is 9.15. The summed E-state index contributed by atoms with van der Waals surface area (Å²) >= 11 is 1.74. The molecule has 0 aliphatic carbocycles. The average molecular weight is 211 g/mol. The van der Waals surface area contributed by atoms with Gasteiger partial charge in [-0.1, -0.05) is 11.8 Å². The fourth-order valence-corrected chi connectivity index (χ4v) is 1.94. The van der Waals surface area contributed by atoms with Gasteiger partial charge in [0.15, 0.2) is 5.17 Å². The molecule has 2 rings (SSSR count). The van der Waals surface area contributed by atoms with Gasteiger partial charge in [0.1, 0.15) is 5.76 Å². The highest BCUT2D eigenvalue weighted by Crippen LogP contribution is 2.11. The summed E-state index contributed by atoms with van der Waals surface area (Å²) in [4.78, 5) is 8.56. The van der Waals surface area contributed by atoms with E-state index in [9.17, 15) is 0 Å². The molecule has 5 heteroatoms. The van der Waals surface area contributed by atoms with Gasteiger partial charge in [-0.05, 0) is 13.8 Å². The SMILES string of the molecule is Cc1nc(CNC2=NCCS2)oc1C. The van der Waals surface area contributed by atoms with E-state index in [2.05, 4.69) is 15.3 Å². The molecule has 0 atom stereocenters. The van der Waals surface area contributed by atoms with Crippen LogP contribution in [-0.2, 0) is 6.54 Å². The Bertz CT molecular complexity index is 339. The van der Waals surface area contributed by atoms with Crippen molar-refractivity contribution in [2.75, 3.05) is 12.3 Å². The molecule has 1 aromatic heterocycles. The molecule has 1 N–H and O–H groups in total. The lowest BCUT2D eigenvalue weighted by Crippen LogP contribution is -2.18. The first-order chi connectivity index (χ1) is 6.75. The topological polar surface area (TPSA) is 50.4 Å². The van der Waals surface area contributed by atoms with Crippen molar-refractivity contribution < 1.29 is 4.42 Å². The van der Waals surface area contributed by atoms with E-state index in [1.807, 2.05) is 13.8 Å². The molecule has 0 saturated heterocycles. The lowest BCUT2D eigenvalue weighted by atomic mass is 10.4. The van der Waals surface area contributed by atoms with Crippen LogP contribution in [0.3, 0.4) is 0 Å². The highest BCUT2D eigenvalue weighted by atomic mass is 32.2. The molecule has 2 heterocycles. The fraction of sp³-hybridized carbons (Fsp3) is 0.556. The van der Waals surface area contributed by atoms with Crippen LogP contribution in [0.15, 0.2) is 9.41 Å². The van der Waals surface area contributed by atoms with Crippen molar-refractivity contribution in [2.45, 2.75) is 20.4 Å². The second kappa shape index (κ2) is 4.04. The molecule has 0 bridgehead atoms. The summed E-state index contributed by atoms with van der Waals surface area (Å²) in [5.41, 5.74) is 0.961. The number of rotatable bonds is 2. The van der Waals surface area contributed by atoms with Gasteiger partial charge >= 0.3 is 0 Å². The number of hydrogen-bond donors (Lipinski definition) is 1. The zero-order chi connectivity index (χ0) is 9.97. The molecule has 0 saturated carbocycles. The number of aliphatic imine (C=N–C) groups is 1. The van der Waals surface area contributed by atoms with Crippen LogP contribution in [0.25, 0.3) is 0 Å². The second-order valence-corrected chi connectivity index (χ2v) is 4.22. The van der Waals surface area contributed by atoms with E-state index in [4.69, 9.17) is 4.42 Å². The lowest BCUT2D eigenvalue weighted by Gasteiger charge is -2.00. The number of thioether (sulfide) groups is 1. The van der Waals surface area contributed by atoms with E-state index in [-0.39, 0.29) is 0 Å². The monoisotopic (exact) mass is 211 g/mol. The van der Waals surface area contributed by atoms with Crippen molar-refractivity contribution in [2.24, 2.45) is 4.99 Å². The Kier molecular flexibility index (Phi) is 2.77. The molecule has 0 spiro atoms. The van der Waals surface area contributed by atoms with Gasteiger partial charge in [-0.3, -0.25) is 4.99 Å². The maximum atomic E-state index is 5.44.